The highest BCUT2D eigenvalue weighted by atomic mass is 16.5. The molecule has 0 aliphatic heterocycles. The molecule has 0 radical (unpaired) electrons. The van der Waals surface area contributed by atoms with Gasteiger partial charge in [0.1, 0.15) is 0 Å². The van der Waals surface area contributed by atoms with Crippen LogP contribution in [0.25, 0.3) is 0 Å². The van der Waals surface area contributed by atoms with Crippen LogP contribution in [0.4, 0.5) is 0 Å². The van der Waals surface area contributed by atoms with E-state index < -0.39 is 0 Å². The standard InChI is InChI=1S/C12H19NO/c1-10-7-5-6-8-11(10)9-13(14)12(2,3)4/h5-8,14H,9H2,1-4H3. The molecule has 0 spiro atoms. The van der Waals surface area contributed by atoms with E-state index in [0.717, 1.165) is 0 Å². The fourth-order valence-corrected chi connectivity index (χ4v) is 1.19. The van der Waals surface area contributed by atoms with Gasteiger partial charge in [0.15, 0.2) is 0 Å². The average Bonchev–Trinajstić information content (AvgIpc) is 2.07. The van der Waals surface area contributed by atoms with Gasteiger partial charge < -0.3 is 5.21 Å². The molecule has 14 heavy (non-hydrogen) atoms. The van der Waals surface area contributed by atoms with Crippen molar-refractivity contribution in [2.24, 2.45) is 0 Å². The van der Waals surface area contributed by atoms with Crippen molar-refractivity contribution < 1.29 is 5.21 Å². The zero-order valence-corrected chi connectivity index (χ0v) is 9.41. The predicted octanol–water partition coefficient (Wildman–Crippen LogP) is 2.98. The smallest absolute Gasteiger partial charge is 0.0497 e. The van der Waals surface area contributed by atoms with Gasteiger partial charge in [-0.05, 0) is 38.8 Å². The van der Waals surface area contributed by atoms with Gasteiger partial charge in [0.2, 0.25) is 0 Å². The molecule has 0 heterocycles. The first-order valence-corrected chi connectivity index (χ1v) is 4.92. The SMILES string of the molecule is Cc1ccccc1CN(O)C(C)(C)C. The average molecular weight is 193 g/mol. The molecular weight excluding hydrogens is 174 g/mol. The Hall–Kier alpha value is -0.860. The Morgan fingerprint density at radius 2 is 1.79 bits per heavy atom. The maximum atomic E-state index is 9.80. The number of nitrogens with zero attached hydrogens (tertiary/aromatic N) is 1. The Kier molecular flexibility index (Phi) is 3.29. The quantitative estimate of drug-likeness (QED) is 0.730. The van der Waals surface area contributed by atoms with Crippen LogP contribution in [0.2, 0.25) is 0 Å². The summed E-state index contributed by atoms with van der Waals surface area (Å²) < 4.78 is 0. The third-order valence-corrected chi connectivity index (χ3v) is 2.36. The summed E-state index contributed by atoms with van der Waals surface area (Å²) in [5.41, 5.74) is 2.18. The Labute approximate surface area is 86.1 Å². The van der Waals surface area contributed by atoms with Crippen LogP contribution < -0.4 is 0 Å². The summed E-state index contributed by atoms with van der Waals surface area (Å²) in [5.74, 6) is 0. The second-order valence-corrected chi connectivity index (χ2v) is 4.65. The summed E-state index contributed by atoms with van der Waals surface area (Å²) in [5, 5.41) is 11.2. The maximum absolute atomic E-state index is 9.80. The lowest BCUT2D eigenvalue weighted by atomic mass is 10.1. The van der Waals surface area contributed by atoms with E-state index >= 15 is 0 Å². The van der Waals surface area contributed by atoms with Crippen molar-refractivity contribution in [2.45, 2.75) is 39.8 Å². The summed E-state index contributed by atoms with van der Waals surface area (Å²) in [6.45, 7) is 8.61. The Morgan fingerprint density at radius 3 is 2.29 bits per heavy atom. The molecule has 1 aromatic carbocycles. The molecular formula is C12H19NO. The number of hydrogen-bond acceptors (Lipinski definition) is 2. The molecule has 0 aromatic heterocycles. The van der Waals surface area contributed by atoms with Gasteiger partial charge in [-0.25, -0.2) is 0 Å². The number of hydrogen-bond donors (Lipinski definition) is 1. The lowest BCUT2D eigenvalue weighted by Gasteiger charge is -2.29. The molecule has 78 valence electrons. The lowest BCUT2D eigenvalue weighted by Crippen LogP contribution is -2.38. The number of hydroxylamine groups is 2. The van der Waals surface area contributed by atoms with Gasteiger partial charge in [-0.3, -0.25) is 0 Å². The van der Waals surface area contributed by atoms with Crippen LogP contribution in [0.3, 0.4) is 0 Å². The van der Waals surface area contributed by atoms with E-state index in [4.69, 9.17) is 0 Å². The highest BCUT2D eigenvalue weighted by Crippen LogP contribution is 2.16. The molecule has 0 aliphatic carbocycles. The highest BCUT2D eigenvalue weighted by Gasteiger charge is 2.19. The first kappa shape index (κ1) is 11.2. The summed E-state index contributed by atoms with van der Waals surface area (Å²) >= 11 is 0. The van der Waals surface area contributed by atoms with E-state index in [1.807, 2.05) is 39.0 Å². The molecule has 1 aromatic rings. The van der Waals surface area contributed by atoms with Crippen LogP contribution in [-0.2, 0) is 6.54 Å². The van der Waals surface area contributed by atoms with Crippen molar-refractivity contribution in [3.05, 3.63) is 35.4 Å². The molecule has 0 aliphatic rings. The van der Waals surface area contributed by atoms with Gasteiger partial charge >= 0.3 is 0 Å². The minimum absolute atomic E-state index is 0.206. The summed E-state index contributed by atoms with van der Waals surface area (Å²) in [6, 6.07) is 8.12. The highest BCUT2D eigenvalue weighted by molar-refractivity contribution is 5.25. The molecule has 0 amide bonds. The zero-order chi connectivity index (χ0) is 10.8. The van der Waals surface area contributed by atoms with Crippen LogP contribution in [-0.4, -0.2) is 15.8 Å². The fourth-order valence-electron chi connectivity index (χ4n) is 1.19. The van der Waals surface area contributed by atoms with Crippen molar-refractivity contribution >= 4 is 0 Å². The first-order chi connectivity index (χ1) is 6.41. The van der Waals surface area contributed by atoms with Crippen molar-refractivity contribution in [1.82, 2.24) is 5.06 Å². The summed E-state index contributed by atoms with van der Waals surface area (Å²) in [4.78, 5) is 0. The Morgan fingerprint density at radius 1 is 1.21 bits per heavy atom. The van der Waals surface area contributed by atoms with Crippen LogP contribution in [0.5, 0.6) is 0 Å². The Bertz CT molecular complexity index is 301. The van der Waals surface area contributed by atoms with E-state index in [2.05, 4.69) is 13.0 Å². The third kappa shape index (κ3) is 2.82. The van der Waals surface area contributed by atoms with Crippen LogP contribution in [0, 0.1) is 6.92 Å². The third-order valence-electron chi connectivity index (χ3n) is 2.36. The van der Waals surface area contributed by atoms with Crippen LogP contribution in [0.1, 0.15) is 31.9 Å². The van der Waals surface area contributed by atoms with Crippen LogP contribution >= 0.6 is 0 Å². The minimum Gasteiger partial charge on any atom is -0.313 e. The second-order valence-electron chi connectivity index (χ2n) is 4.65. The number of aryl methyl sites for hydroxylation is 1. The molecule has 0 unspecified atom stereocenters. The second kappa shape index (κ2) is 4.11. The van der Waals surface area contributed by atoms with E-state index in [1.165, 1.54) is 16.2 Å². The lowest BCUT2D eigenvalue weighted by molar-refractivity contribution is -0.163. The molecule has 0 atom stereocenters. The molecule has 0 bridgehead atoms. The van der Waals surface area contributed by atoms with Gasteiger partial charge in [-0.15, -0.1) is 0 Å². The van der Waals surface area contributed by atoms with Gasteiger partial charge in [-0.2, -0.15) is 5.06 Å². The van der Waals surface area contributed by atoms with Crippen molar-refractivity contribution in [3.8, 4) is 0 Å². The van der Waals surface area contributed by atoms with Crippen LogP contribution in [0.15, 0.2) is 24.3 Å². The normalized spacial score (nSPS) is 12.1. The monoisotopic (exact) mass is 193 g/mol. The summed E-state index contributed by atoms with van der Waals surface area (Å²) in [7, 11) is 0. The molecule has 2 heteroatoms. The number of rotatable bonds is 2. The van der Waals surface area contributed by atoms with E-state index in [0.29, 0.717) is 6.54 Å². The first-order valence-electron chi connectivity index (χ1n) is 4.92. The van der Waals surface area contributed by atoms with Gasteiger partial charge in [0.05, 0.1) is 0 Å². The van der Waals surface area contributed by atoms with Gasteiger partial charge in [0, 0.05) is 12.1 Å². The molecule has 0 saturated carbocycles. The Balaban J connectivity index is 2.75. The van der Waals surface area contributed by atoms with E-state index in [-0.39, 0.29) is 5.54 Å². The summed E-state index contributed by atoms with van der Waals surface area (Å²) in [6.07, 6.45) is 0. The fraction of sp³-hybridized carbons (Fsp3) is 0.500. The number of benzene rings is 1. The van der Waals surface area contributed by atoms with Crippen molar-refractivity contribution in [2.75, 3.05) is 0 Å². The molecule has 2 nitrogen and oxygen atoms in total. The largest absolute Gasteiger partial charge is 0.313 e. The van der Waals surface area contributed by atoms with Crippen molar-refractivity contribution in [3.63, 3.8) is 0 Å². The van der Waals surface area contributed by atoms with E-state index in [9.17, 15) is 5.21 Å². The zero-order valence-electron chi connectivity index (χ0n) is 9.41. The van der Waals surface area contributed by atoms with Gasteiger partial charge in [-0.1, -0.05) is 24.3 Å². The molecule has 1 N–H and O–H groups in total. The minimum atomic E-state index is -0.206. The van der Waals surface area contributed by atoms with Gasteiger partial charge in [0.25, 0.3) is 0 Å². The molecule has 0 saturated heterocycles. The predicted molar refractivity (Wildman–Crippen MR) is 58.3 cm³/mol. The van der Waals surface area contributed by atoms with E-state index in [1.54, 1.807) is 0 Å². The molecule has 0 fully saturated rings. The maximum Gasteiger partial charge on any atom is 0.0497 e. The molecule has 1 rings (SSSR count). The topological polar surface area (TPSA) is 23.5 Å². The van der Waals surface area contributed by atoms with Crippen molar-refractivity contribution in [1.29, 1.82) is 0 Å².